The molecule has 5 N–H and O–H groups in total. The second-order valence-corrected chi connectivity index (χ2v) is 5.27. The highest BCUT2D eigenvalue weighted by Crippen LogP contribution is 2.30. The normalized spacial score (nSPS) is 10.2. The Morgan fingerprint density at radius 2 is 1.80 bits per heavy atom. The zero-order chi connectivity index (χ0) is 13.4. The Morgan fingerprint density at radius 3 is 2.45 bits per heavy atom. The third-order valence-electron chi connectivity index (χ3n) is 2.86. The summed E-state index contributed by atoms with van der Waals surface area (Å²) in [6.45, 7) is 0. The summed E-state index contributed by atoms with van der Waals surface area (Å²) < 4.78 is 1.03. The molecule has 0 fully saturated rings. The summed E-state index contributed by atoms with van der Waals surface area (Å²) in [5.41, 5.74) is 14.6. The van der Waals surface area contributed by atoms with Gasteiger partial charge in [0.1, 0.15) is 10.8 Å². The zero-order valence-electron chi connectivity index (χ0n) is 10.4. The predicted octanol–water partition coefficient (Wildman–Crippen LogP) is -0.166. The highest BCUT2D eigenvalue weighted by atomic mass is 35.5. The van der Waals surface area contributed by atoms with Crippen molar-refractivity contribution in [2.24, 2.45) is 5.73 Å². The van der Waals surface area contributed by atoms with Crippen molar-refractivity contribution in [3.8, 4) is 10.6 Å². The Bertz CT molecular complexity index is 764. The van der Waals surface area contributed by atoms with Crippen LogP contribution in [0, 0.1) is 5.41 Å². The van der Waals surface area contributed by atoms with Gasteiger partial charge in [0.05, 0.1) is 10.2 Å². The number of halogens is 1. The van der Waals surface area contributed by atoms with Crippen molar-refractivity contribution in [2.75, 3.05) is 5.73 Å². The first-order chi connectivity index (χ1) is 9.13. The number of amidine groups is 1. The number of rotatable bonds is 2. The molecule has 0 bridgehead atoms. The Balaban J connectivity index is 0.00000147. The first-order valence-corrected chi connectivity index (χ1v) is 6.56. The Kier molecular flexibility index (Phi) is 3.92. The van der Waals surface area contributed by atoms with Crippen LogP contribution in [-0.4, -0.2) is 10.8 Å². The monoisotopic (exact) mass is 303 g/mol. The maximum atomic E-state index is 7.45. The molecule has 1 heterocycles. The third kappa shape index (κ3) is 2.59. The van der Waals surface area contributed by atoms with Gasteiger partial charge in [-0.3, -0.25) is 5.41 Å². The molecule has 3 rings (SSSR count). The van der Waals surface area contributed by atoms with Crippen LogP contribution >= 0.6 is 11.3 Å². The minimum absolute atomic E-state index is 0. The minimum Gasteiger partial charge on any atom is -1.00 e. The van der Waals surface area contributed by atoms with Crippen molar-refractivity contribution in [2.45, 2.75) is 0 Å². The second kappa shape index (κ2) is 5.48. The van der Waals surface area contributed by atoms with Crippen LogP contribution in [0.4, 0.5) is 5.69 Å². The number of nitrogens with zero attached hydrogens (tertiary/aromatic N) is 1. The second-order valence-electron chi connectivity index (χ2n) is 4.24. The molecule has 1 aromatic heterocycles. The first kappa shape index (κ1) is 14.3. The molecule has 0 spiro atoms. The van der Waals surface area contributed by atoms with E-state index in [9.17, 15) is 0 Å². The molecule has 0 aliphatic heterocycles. The molecule has 0 unspecified atom stereocenters. The molecule has 0 saturated heterocycles. The number of nitrogens with one attached hydrogen (secondary N) is 1. The van der Waals surface area contributed by atoms with Gasteiger partial charge in [0.2, 0.25) is 0 Å². The van der Waals surface area contributed by atoms with E-state index < -0.39 is 0 Å². The fourth-order valence-corrected chi connectivity index (χ4v) is 2.85. The number of benzene rings is 2. The smallest absolute Gasteiger partial charge is 0.124 e. The molecule has 102 valence electrons. The van der Waals surface area contributed by atoms with E-state index in [1.807, 2.05) is 42.5 Å². The van der Waals surface area contributed by atoms with Gasteiger partial charge in [0, 0.05) is 16.8 Å². The molecule has 0 atom stereocenters. The lowest BCUT2D eigenvalue weighted by Gasteiger charge is -1.95. The SMILES string of the molecule is N=C(N)c1ccc2nc(-c3ccc(N)cc3)sc2c1.[Cl-]. The maximum absolute atomic E-state index is 7.45. The fraction of sp³-hybridized carbons (Fsp3) is 0. The van der Waals surface area contributed by atoms with Gasteiger partial charge in [-0.2, -0.15) is 0 Å². The number of aromatic nitrogens is 1. The number of nitrogens with two attached hydrogens (primary N) is 2. The lowest BCUT2D eigenvalue weighted by molar-refractivity contribution is -0.00000409. The number of thiazole rings is 1. The highest BCUT2D eigenvalue weighted by Gasteiger charge is 2.07. The van der Waals surface area contributed by atoms with Gasteiger partial charge in [0.15, 0.2) is 0 Å². The van der Waals surface area contributed by atoms with Gasteiger partial charge in [0.25, 0.3) is 0 Å². The topological polar surface area (TPSA) is 88.8 Å². The van der Waals surface area contributed by atoms with Gasteiger partial charge < -0.3 is 23.9 Å². The molecule has 6 heteroatoms. The van der Waals surface area contributed by atoms with Crippen LogP contribution in [-0.2, 0) is 0 Å². The van der Waals surface area contributed by atoms with Gasteiger partial charge >= 0.3 is 0 Å². The number of nitrogen functional groups attached to an aromatic ring is 2. The third-order valence-corrected chi connectivity index (χ3v) is 3.92. The van der Waals surface area contributed by atoms with Crippen molar-refractivity contribution in [1.82, 2.24) is 4.98 Å². The summed E-state index contributed by atoms with van der Waals surface area (Å²) in [6, 6.07) is 13.2. The molecule has 0 aliphatic carbocycles. The van der Waals surface area contributed by atoms with Crippen LogP contribution in [0.25, 0.3) is 20.8 Å². The molecule has 20 heavy (non-hydrogen) atoms. The molecule has 0 saturated carbocycles. The van der Waals surface area contributed by atoms with E-state index in [1.54, 1.807) is 11.3 Å². The lowest BCUT2D eigenvalue weighted by Crippen LogP contribution is -3.00. The van der Waals surface area contributed by atoms with Crippen LogP contribution in [0.5, 0.6) is 0 Å². The van der Waals surface area contributed by atoms with Crippen molar-refractivity contribution in [3.05, 3.63) is 48.0 Å². The van der Waals surface area contributed by atoms with E-state index in [-0.39, 0.29) is 18.2 Å². The van der Waals surface area contributed by atoms with Crippen LogP contribution in [0.1, 0.15) is 5.56 Å². The number of fused-ring (bicyclic) bond motifs is 1. The predicted molar refractivity (Wildman–Crippen MR) is 80.5 cm³/mol. The van der Waals surface area contributed by atoms with Crippen molar-refractivity contribution in [1.29, 1.82) is 5.41 Å². The van der Waals surface area contributed by atoms with E-state index in [2.05, 4.69) is 4.98 Å². The summed E-state index contributed by atoms with van der Waals surface area (Å²) in [5.74, 6) is 0.0735. The molecule has 3 aromatic rings. The largest absolute Gasteiger partial charge is 1.00 e. The van der Waals surface area contributed by atoms with E-state index in [0.29, 0.717) is 0 Å². The molecule has 0 radical (unpaired) electrons. The summed E-state index contributed by atoms with van der Waals surface area (Å²) in [5, 5.41) is 8.39. The van der Waals surface area contributed by atoms with E-state index in [4.69, 9.17) is 16.9 Å². The number of anilines is 1. The maximum Gasteiger partial charge on any atom is 0.124 e. The minimum atomic E-state index is 0. The van der Waals surface area contributed by atoms with E-state index in [0.717, 1.165) is 32.0 Å². The van der Waals surface area contributed by atoms with Crippen molar-refractivity contribution >= 4 is 33.1 Å². The van der Waals surface area contributed by atoms with Crippen LogP contribution < -0.4 is 23.9 Å². The standard InChI is InChI=1S/C14H12N4S.ClH/c15-10-4-1-8(2-5-10)14-18-11-6-3-9(13(16)17)7-12(11)19-14;/h1-7H,15H2,(H3,16,17);1H/p-1. The quantitative estimate of drug-likeness (QED) is 0.349. The molecule has 2 aromatic carbocycles. The number of hydrogen-bond acceptors (Lipinski definition) is 4. The molecular formula is C14H12ClN4S-. The van der Waals surface area contributed by atoms with E-state index in [1.165, 1.54) is 0 Å². The van der Waals surface area contributed by atoms with Gasteiger partial charge in [-0.25, -0.2) is 4.98 Å². The van der Waals surface area contributed by atoms with Gasteiger partial charge in [-0.05, 0) is 42.5 Å². The number of hydrogen-bond donors (Lipinski definition) is 3. The summed E-state index contributed by atoms with van der Waals surface area (Å²) >= 11 is 1.58. The average Bonchev–Trinajstić information content (AvgIpc) is 2.82. The molecule has 0 amide bonds. The summed E-state index contributed by atoms with van der Waals surface area (Å²) in [6.07, 6.45) is 0. The van der Waals surface area contributed by atoms with Crippen LogP contribution in [0.2, 0.25) is 0 Å². The Labute approximate surface area is 126 Å². The van der Waals surface area contributed by atoms with Gasteiger partial charge in [-0.1, -0.05) is 0 Å². The molecule has 0 aliphatic rings. The van der Waals surface area contributed by atoms with Crippen molar-refractivity contribution in [3.63, 3.8) is 0 Å². The average molecular weight is 304 g/mol. The van der Waals surface area contributed by atoms with Crippen molar-refractivity contribution < 1.29 is 12.4 Å². The molecule has 4 nitrogen and oxygen atoms in total. The fourth-order valence-electron chi connectivity index (χ4n) is 1.84. The van der Waals surface area contributed by atoms with E-state index >= 15 is 0 Å². The summed E-state index contributed by atoms with van der Waals surface area (Å²) in [4.78, 5) is 4.58. The van der Waals surface area contributed by atoms with Crippen LogP contribution in [0.3, 0.4) is 0 Å². The Morgan fingerprint density at radius 1 is 1.10 bits per heavy atom. The highest BCUT2D eigenvalue weighted by molar-refractivity contribution is 7.21. The van der Waals surface area contributed by atoms with Crippen LogP contribution in [0.15, 0.2) is 42.5 Å². The summed E-state index contributed by atoms with van der Waals surface area (Å²) in [7, 11) is 0. The first-order valence-electron chi connectivity index (χ1n) is 5.74. The lowest BCUT2D eigenvalue weighted by atomic mass is 10.2. The zero-order valence-corrected chi connectivity index (χ0v) is 12.0. The molecular weight excluding hydrogens is 292 g/mol. The Hall–Kier alpha value is -2.11. The van der Waals surface area contributed by atoms with Gasteiger partial charge in [-0.15, -0.1) is 11.3 Å².